The van der Waals surface area contributed by atoms with Crippen molar-refractivity contribution in [3.8, 4) is 0 Å². The molecule has 9 heteroatoms. The van der Waals surface area contributed by atoms with Gasteiger partial charge in [-0.1, -0.05) is 6.07 Å². The third kappa shape index (κ3) is 4.92. The van der Waals surface area contributed by atoms with Crippen LogP contribution in [0.25, 0.3) is 0 Å². The van der Waals surface area contributed by atoms with E-state index in [0.29, 0.717) is 11.1 Å². The molecular weight excluding hydrogens is 444 g/mol. The molecule has 4 heterocycles. The molecule has 1 aromatic carbocycles. The lowest BCUT2D eigenvalue weighted by molar-refractivity contribution is -0.116. The zero-order valence-corrected chi connectivity index (χ0v) is 21.1. The summed E-state index contributed by atoms with van der Waals surface area (Å²) < 4.78 is 6.83. The maximum absolute atomic E-state index is 12.9. The van der Waals surface area contributed by atoms with Crippen LogP contribution < -0.4 is 9.80 Å². The van der Waals surface area contributed by atoms with E-state index in [1.807, 2.05) is 4.90 Å². The third-order valence-corrected chi connectivity index (χ3v) is 7.93. The number of hydrogen-bond donors (Lipinski definition) is 0. The van der Waals surface area contributed by atoms with Crippen LogP contribution in [-0.2, 0) is 16.1 Å². The molecule has 188 valence electrons. The Morgan fingerprint density at radius 1 is 1.11 bits per heavy atom. The largest absolute Gasteiger partial charge is 0.378 e. The SMILES string of the molecule is CC(=O)N(C)c1cnn(C(=O)N2CCC3(CC2)CN(Cc2ccc(N4CCOCC4)cc2C)C3)c1. The normalized spacial score (nSPS) is 20.1. The Hall–Kier alpha value is -2.91. The number of anilines is 2. The lowest BCUT2D eigenvalue weighted by Crippen LogP contribution is -2.60. The highest BCUT2D eigenvalue weighted by atomic mass is 16.5. The number of ether oxygens (including phenoxy) is 1. The highest BCUT2D eigenvalue weighted by molar-refractivity contribution is 5.91. The van der Waals surface area contributed by atoms with Crippen LogP contribution in [0.2, 0.25) is 0 Å². The van der Waals surface area contributed by atoms with Gasteiger partial charge in [-0.2, -0.15) is 9.78 Å². The fourth-order valence-corrected chi connectivity index (χ4v) is 5.54. The molecule has 0 unspecified atom stereocenters. The van der Waals surface area contributed by atoms with Gasteiger partial charge in [0.15, 0.2) is 0 Å². The first kappa shape index (κ1) is 23.8. The fourth-order valence-electron chi connectivity index (χ4n) is 5.54. The molecule has 0 radical (unpaired) electrons. The van der Waals surface area contributed by atoms with E-state index in [-0.39, 0.29) is 11.9 Å². The van der Waals surface area contributed by atoms with Gasteiger partial charge in [0.2, 0.25) is 5.91 Å². The Bertz CT molecular complexity index is 1080. The summed E-state index contributed by atoms with van der Waals surface area (Å²) in [6, 6.07) is 6.74. The number of piperidine rings is 1. The van der Waals surface area contributed by atoms with Crippen LogP contribution in [0, 0.1) is 12.3 Å². The molecule has 0 aliphatic carbocycles. The number of nitrogens with zero attached hydrogens (tertiary/aromatic N) is 6. The number of aryl methyl sites for hydroxylation is 1. The van der Waals surface area contributed by atoms with E-state index in [4.69, 9.17) is 4.74 Å². The Morgan fingerprint density at radius 3 is 2.49 bits per heavy atom. The molecule has 1 spiro atoms. The Balaban J connectivity index is 1.11. The molecule has 2 amide bonds. The smallest absolute Gasteiger partial charge is 0.344 e. The van der Waals surface area contributed by atoms with Crippen LogP contribution in [0.3, 0.4) is 0 Å². The van der Waals surface area contributed by atoms with Gasteiger partial charge in [0.05, 0.1) is 31.3 Å². The molecule has 2 aromatic rings. The van der Waals surface area contributed by atoms with Gasteiger partial charge in [-0.25, -0.2) is 4.79 Å². The average molecular weight is 481 g/mol. The number of carbonyl (C=O) groups is 2. The van der Waals surface area contributed by atoms with Crippen LogP contribution >= 0.6 is 0 Å². The van der Waals surface area contributed by atoms with E-state index < -0.39 is 0 Å². The summed E-state index contributed by atoms with van der Waals surface area (Å²) >= 11 is 0. The summed E-state index contributed by atoms with van der Waals surface area (Å²) in [7, 11) is 1.68. The molecule has 5 rings (SSSR count). The molecule has 0 bridgehead atoms. The lowest BCUT2D eigenvalue weighted by atomic mass is 9.72. The quantitative estimate of drug-likeness (QED) is 0.670. The number of hydrogen-bond acceptors (Lipinski definition) is 6. The molecule has 9 nitrogen and oxygen atoms in total. The average Bonchev–Trinajstić information content (AvgIpc) is 3.34. The van der Waals surface area contributed by atoms with Gasteiger partial charge in [-0.05, 0) is 48.4 Å². The number of carbonyl (C=O) groups excluding carboxylic acids is 2. The minimum Gasteiger partial charge on any atom is -0.378 e. The second-order valence-electron chi connectivity index (χ2n) is 10.3. The number of amides is 2. The molecule has 0 N–H and O–H groups in total. The zero-order valence-electron chi connectivity index (χ0n) is 21.1. The van der Waals surface area contributed by atoms with Crippen LogP contribution in [-0.4, -0.2) is 91.0 Å². The van der Waals surface area contributed by atoms with Crippen molar-refractivity contribution in [2.75, 3.05) is 69.3 Å². The summed E-state index contributed by atoms with van der Waals surface area (Å²) in [4.78, 5) is 32.8. The highest BCUT2D eigenvalue weighted by Crippen LogP contribution is 2.41. The molecule has 1 aromatic heterocycles. The fraction of sp³-hybridized carbons (Fsp3) is 0.577. The van der Waals surface area contributed by atoms with Crippen LogP contribution in [0.5, 0.6) is 0 Å². The minimum absolute atomic E-state index is 0.0883. The number of benzene rings is 1. The van der Waals surface area contributed by atoms with Crippen molar-refractivity contribution in [3.05, 3.63) is 41.7 Å². The van der Waals surface area contributed by atoms with Gasteiger partial charge >= 0.3 is 6.03 Å². The molecule has 3 aliphatic heterocycles. The summed E-state index contributed by atoms with van der Waals surface area (Å²) in [5.41, 5.74) is 4.99. The predicted octanol–water partition coefficient (Wildman–Crippen LogP) is 2.58. The second kappa shape index (κ2) is 9.62. The van der Waals surface area contributed by atoms with E-state index in [0.717, 1.165) is 71.9 Å². The van der Waals surface area contributed by atoms with Crippen molar-refractivity contribution >= 4 is 23.3 Å². The summed E-state index contributed by atoms with van der Waals surface area (Å²) in [6.45, 7) is 11.9. The number of likely N-dealkylation sites (tertiary alicyclic amines) is 2. The van der Waals surface area contributed by atoms with Gasteiger partial charge in [0.1, 0.15) is 0 Å². The minimum atomic E-state index is -0.116. The number of aromatic nitrogens is 2. The van der Waals surface area contributed by atoms with Gasteiger partial charge < -0.3 is 19.4 Å². The predicted molar refractivity (Wildman–Crippen MR) is 135 cm³/mol. The van der Waals surface area contributed by atoms with E-state index in [2.05, 4.69) is 40.0 Å². The molecule has 3 saturated heterocycles. The van der Waals surface area contributed by atoms with Gasteiger partial charge in [-0.15, -0.1) is 0 Å². The van der Waals surface area contributed by atoms with Crippen molar-refractivity contribution < 1.29 is 14.3 Å². The van der Waals surface area contributed by atoms with Crippen molar-refractivity contribution in [3.63, 3.8) is 0 Å². The molecule has 35 heavy (non-hydrogen) atoms. The maximum atomic E-state index is 12.9. The Labute approximate surface area is 207 Å². The van der Waals surface area contributed by atoms with Gasteiger partial charge in [-0.3, -0.25) is 9.69 Å². The molecular formula is C26H36N6O3. The number of rotatable bonds is 4. The van der Waals surface area contributed by atoms with Crippen molar-refractivity contribution in [2.45, 2.75) is 33.2 Å². The van der Waals surface area contributed by atoms with Crippen LogP contribution in [0.1, 0.15) is 30.9 Å². The van der Waals surface area contributed by atoms with E-state index >= 15 is 0 Å². The van der Waals surface area contributed by atoms with Crippen molar-refractivity contribution in [1.29, 1.82) is 0 Å². The standard InChI is InChI=1S/C26H36N6O3/c1-20-14-23(30-10-12-35-13-11-30)5-4-22(20)16-29-18-26(19-29)6-8-31(9-7-26)25(34)32-17-24(15-27-32)28(3)21(2)33/h4-5,14-15,17H,6-13,16,18-19H2,1-3H3. The summed E-state index contributed by atoms with van der Waals surface area (Å²) in [6.07, 6.45) is 5.23. The monoisotopic (exact) mass is 480 g/mol. The summed E-state index contributed by atoms with van der Waals surface area (Å²) in [5, 5.41) is 4.18. The summed E-state index contributed by atoms with van der Waals surface area (Å²) in [5.74, 6) is -0.0883. The first-order valence-corrected chi connectivity index (χ1v) is 12.6. The molecule has 3 aliphatic rings. The Kier molecular flexibility index (Phi) is 6.55. The second-order valence-corrected chi connectivity index (χ2v) is 10.3. The Morgan fingerprint density at radius 2 is 1.83 bits per heavy atom. The lowest BCUT2D eigenvalue weighted by Gasteiger charge is -2.54. The van der Waals surface area contributed by atoms with E-state index in [9.17, 15) is 9.59 Å². The topological polar surface area (TPSA) is 74.2 Å². The molecule has 3 fully saturated rings. The van der Waals surface area contributed by atoms with Gasteiger partial charge in [0, 0.05) is 65.5 Å². The third-order valence-electron chi connectivity index (χ3n) is 7.93. The molecule has 0 saturated carbocycles. The van der Waals surface area contributed by atoms with Crippen molar-refractivity contribution in [2.24, 2.45) is 5.41 Å². The van der Waals surface area contributed by atoms with Crippen LogP contribution in [0.4, 0.5) is 16.2 Å². The zero-order chi connectivity index (χ0) is 24.6. The first-order chi connectivity index (χ1) is 16.8. The highest BCUT2D eigenvalue weighted by Gasteiger charge is 2.45. The van der Waals surface area contributed by atoms with E-state index in [1.54, 1.807) is 19.4 Å². The van der Waals surface area contributed by atoms with Crippen molar-refractivity contribution in [1.82, 2.24) is 19.6 Å². The maximum Gasteiger partial charge on any atom is 0.344 e. The molecule has 0 atom stereocenters. The van der Waals surface area contributed by atoms with Crippen LogP contribution in [0.15, 0.2) is 30.6 Å². The number of morpholine rings is 1. The van der Waals surface area contributed by atoms with E-state index in [1.165, 1.54) is 33.3 Å². The van der Waals surface area contributed by atoms with Gasteiger partial charge in [0.25, 0.3) is 0 Å². The first-order valence-electron chi connectivity index (χ1n) is 12.6.